The first-order valence-electron chi connectivity index (χ1n) is 10.6. The maximum Gasteiger partial charge on any atom is 0.251 e. The van der Waals surface area contributed by atoms with Crippen molar-refractivity contribution in [3.8, 4) is 0 Å². The van der Waals surface area contributed by atoms with Crippen LogP contribution < -0.4 is 5.32 Å². The molecule has 2 aromatic rings. The van der Waals surface area contributed by atoms with Gasteiger partial charge in [0.2, 0.25) is 0 Å². The molecular formula is C22H30N4O. The van der Waals surface area contributed by atoms with Gasteiger partial charge in [0.05, 0.1) is 0 Å². The highest BCUT2D eigenvalue weighted by molar-refractivity contribution is 5.94. The molecule has 1 saturated carbocycles. The maximum atomic E-state index is 12.5. The molecule has 2 aliphatic rings. The summed E-state index contributed by atoms with van der Waals surface area (Å²) >= 11 is 0. The van der Waals surface area contributed by atoms with Crippen molar-refractivity contribution in [2.45, 2.75) is 76.7 Å². The van der Waals surface area contributed by atoms with E-state index in [2.05, 4.69) is 32.2 Å². The Morgan fingerprint density at radius 1 is 1.00 bits per heavy atom. The third-order valence-electron chi connectivity index (χ3n) is 6.07. The van der Waals surface area contributed by atoms with Crippen LogP contribution in [-0.2, 0) is 19.4 Å². The van der Waals surface area contributed by atoms with Crippen molar-refractivity contribution in [3.05, 3.63) is 47.0 Å². The lowest BCUT2D eigenvalue weighted by Gasteiger charge is -2.22. The van der Waals surface area contributed by atoms with Crippen LogP contribution in [0.1, 0.15) is 84.9 Å². The van der Waals surface area contributed by atoms with E-state index in [1.54, 1.807) is 0 Å². The van der Waals surface area contributed by atoms with Crippen LogP contribution in [0.25, 0.3) is 0 Å². The van der Waals surface area contributed by atoms with Gasteiger partial charge in [0, 0.05) is 31.5 Å². The second-order valence-electron chi connectivity index (χ2n) is 7.96. The van der Waals surface area contributed by atoms with Gasteiger partial charge in [-0.3, -0.25) is 4.79 Å². The van der Waals surface area contributed by atoms with E-state index in [1.165, 1.54) is 56.9 Å². The van der Waals surface area contributed by atoms with Crippen LogP contribution in [0, 0.1) is 0 Å². The van der Waals surface area contributed by atoms with E-state index in [1.807, 2.05) is 12.1 Å². The molecule has 0 radical (unpaired) electrons. The highest BCUT2D eigenvalue weighted by Gasteiger charge is 2.17. The summed E-state index contributed by atoms with van der Waals surface area (Å²) in [6.45, 7) is 1.61. The maximum absolute atomic E-state index is 12.5. The van der Waals surface area contributed by atoms with Gasteiger partial charge in [-0.1, -0.05) is 37.8 Å². The van der Waals surface area contributed by atoms with E-state index in [-0.39, 0.29) is 5.91 Å². The van der Waals surface area contributed by atoms with Gasteiger partial charge in [-0.2, -0.15) is 0 Å². The molecule has 0 unspecified atom stereocenters. The molecule has 1 aromatic heterocycles. The number of aromatic nitrogens is 3. The highest BCUT2D eigenvalue weighted by atomic mass is 16.1. The molecule has 144 valence electrons. The third kappa shape index (κ3) is 4.40. The lowest BCUT2D eigenvalue weighted by molar-refractivity contribution is 0.0954. The van der Waals surface area contributed by atoms with Gasteiger partial charge < -0.3 is 9.88 Å². The summed E-state index contributed by atoms with van der Waals surface area (Å²) in [5.41, 5.74) is 2.13. The van der Waals surface area contributed by atoms with Crippen LogP contribution in [0.15, 0.2) is 24.3 Å². The van der Waals surface area contributed by atoms with Crippen LogP contribution >= 0.6 is 0 Å². The lowest BCUT2D eigenvalue weighted by Crippen LogP contribution is -2.26. The number of carbonyl (C=O) groups excluding carboxylic acids is 1. The molecule has 0 spiro atoms. The van der Waals surface area contributed by atoms with Gasteiger partial charge in [0.15, 0.2) is 0 Å². The molecule has 1 N–H and O–H groups in total. The molecule has 0 bridgehead atoms. The molecule has 0 saturated heterocycles. The van der Waals surface area contributed by atoms with E-state index in [9.17, 15) is 4.79 Å². The van der Waals surface area contributed by atoms with E-state index >= 15 is 0 Å². The second kappa shape index (κ2) is 8.68. The monoisotopic (exact) mass is 366 g/mol. The molecule has 1 aliphatic heterocycles. The van der Waals surface area contributed by atoms with Gasteiger partial charge in [-0.05, 0) is 49.3 Å². The van der Waals surface area contributed by atoms with Gasteiger partial charge >= 0.3 is 0 Å². The Balaban J connectivity index is 1.30. The Labute approximate surface area is 161 Å². The summed E-state index contributed by atoms with van der Waals surface area (Å²) < 4.78 is 2.25. The Kier molecular flexibility index (Phi) is 5.85. The number of nitrogens with zero attached hydrogens (tertiary/aromatic N) is 3. The SMILES string of the molecule is O=C(NCCc1nnc2n1CCCCC2)c1ccc(C2CCCCC2)cc1. The molecule has 0 atom stereocenters. The number of benzene rings is 1. The van der Waals surface area contributed by atoms with Crippen LogP contribution in [0.3, 0.4) is 0 Å². The van der Waals surface area contributed by atoms with Crippen molar-refractivity contribution < 1.29 is 4.79 Å². The summed E-state index contributed by atoms with van der Waals surface area (Å²) in [7, 11) is 0. The smallest absolute Gasteiger partial charge is 0.251 e. The molecule has 5 nitrogen and oxygen atoms in total. The first-order valence-corrected chi connectivity index (χ1v) is 10.6. The number of nitrogens with one attached hydrogen (secondary N) is 1. The van der Waals surface area contributed by atoms with Crippen molar-refractivity contribution in [2.75, 3.05) is 6.54 Å². The number of rotatable bonds is 5. The van der Waals surface area contributed by atoms with Crippen LogP contribution in [0.2, 0.25) is 0 Å². The van der Waals surface area contributed by atoms with Crippen molar-refractivity contribution in [3.63, 3.8) is 0 Å². The quantitative estimate of drug-likeness (QED) is 0.869. The molecule has 1 aliphatic carbocycles. The average Bonchev–Trinajstić information content (AvgIpc) is 2.95. The predicted octanol–water partition coefficient (Wildman–Crippen LogP) is 4.02. The fourth-order valence-electron chi connectivity index (χ4n) is 4.46. The molecule has 2 heterocycles. The van der Waals surface area contributed by atoms with Crippen LogP contribution in [0.5, 0.6) is 0 Å². The summed E-state index contributed by atoms with van der Waals surface area (Å²) in [5, 5.41) is 11.7. The number of amides is 1. The Morgan fingerprint density at radius 2 is 1.78 bits per heavy atom. The Morgan fingerprint density at radius 3 is 2.59 bits per heavy atom. The molecule has 5 heteroatoms. The zero-order chi connectivity index (χ0) is 18.5. The van der Waals surface area contributed by atoms with Crippen molar-refractivity contribution in [1.82, 2.24) is 20.1 Å². The minimum atomic E-state index is 0.000740. The van der Waals surface area contributed by atoms with Gasteiger partial charge in [-0.15, -0.1) is 10.2 Å². The van der Waals surface area contributed by atoms with Crippen molar-refractivity contribution >= 4 is 5.91 Å². The molecule has 27 heavy (non-hydrogen) atoms. The van der Waals surface area contributed by atoms with E-state index < -0.39 is 0 Å². The zero-order valence-electron chi connectivity index (χ0n) is 16.1. The summed E-state index contributed by atoms with van der Waals surface area (Å²) in [6.07, 6.45) is 12.0. The van der Waals surface area contributed by atoms with Gasteiger partial charge in [0.25, 0.3) is 5.91 Å². The van der Waals surface area contributed by atoms with Crippen LogP contribution in [0.4, 0.5) is 0 Å². The number of aryl methyl sites for hydroxylation is 1. The molecular weight excluding hydrogens is 336 g/mol. The second-order valence-corrected chi connectivity index (χ2v) is 7.96. The van der Waals surface area contributed by atoms with Crippen molar-refractivity contribution in [2.24, 2.45) is 0 Å². The van der Waals surface area contributed by atoms with Gasteiger partial charge in [-0.25, -0.2) is 0 Å². The first kappa shape index (κ1) is 18.2. The largest absolute Gasteiger partial charge is 0.352 e. The van der Waals surface area contributed by atoms with Crippen LogP contribution in [-0.4, -0.2) is 27.2 Å². The normalized spacial score (nSPS) is 17.9. The molecule has 1 fully saturated rings. The predicted molar refractivity (Wildman–Crippen MR) is 106 cm³/mol. The molecule has 4 rings (SSSR count). The van der Waals surface area contributed by atoms with Gasteiger partial charge in [0.1, 0.15) is 11.6 Å². The topological polar surface area (TPSA) is 59.8 Å². The summed E-state index contributed by atoms with van der Waals surface area (Å²) in [6, 6.07) is 8.23. The molecule has 1 aromatic carbocycles. The first-order chi connectivity index (χ1) is 13.3. The lowest BCUT2D eigenvalue weighted by atomic mass is 9.84. The average molecular weight is 367 g/mol. The number of hydrogen-bond acceptors (Lipinski definition) is 3. The van der Waals surface area contributed by atoms with E-state index in [4.69, 9.17) is 0 Å². The minimum Gasteiger partial charge on any atom is -0.352 e. The zero-order valence-corrected chi connectivity index (χ0v) is 16.1. The Hall–Kier alpha value is -2.17. The number of hydrogen-bond donors (Lipinski definition) is 1. The standard InChI is InChI=1S/C22H30N4O/c27-22(19-12-10-18(11-13-19)17-7-3-1-4-8-17)23-15-14-21-25-24-20-9-5-2-6-16-26(20)21/h10-13,17H,1-9,14-16H2,(H,23,27). The Bertz CT molecular complexity index is 759. The summed E-state index contributed by atoms with van der Waals surface area (Å²) in [5.74, 6) is 2.78. The number of fused-ring (bicyclic) bond motifs is 1. The summed E-state index contributed by atoms with van der Waals surface area (Å²) in [4.78, 5) is 12.5. The molecule has 1 amide bonds. The van der Waals surface area contributed by atoms with Crippen molar-refractivity contribution in [1.29, 1.82) is 0 Å². The van der Waals surface area contributed by atoms with E-state index in [0.717, 1.165) is 36.6 Å². The van der Waals surface area contributed by atoms with E-state index in [0.29, 0.717) is 12.5 Å². The highest BCUT2D eigenvalue weighted by Crippen LogP contribution is 2.32. The minimum absolute atomic E-state index is 0.000740. The fourth-order valence-corrected chi connectivity index (χ4v) is 4.46. The third-order valence-corrected chi connectivity index (χ3v) is 6.07. The fraction of sp³-hybridized carbons (Fsp3) is 0.591. The number of carbonyl (C=O) groups is 1.